The van der Waals surface area contributed by atoms with E-state index in [2.05, 4.69) is 16.4 Å². The maximum absolute atomic E-state index is 12.7. The largest absolute Gasteiger partial charge is 0.300 e. The summed E-state index contributed by atoms with van der Waals surface area (Å²) in [5, 5.41) is 6.25. The average molecular weight is 404 g/mol. The Balaban J connectivity index is 1.62. The Hall–Kier alpha value is -3.25. The molecule has 5 nitrogen and oxygen atoms in total. The standard InChI is InChI=1S/C23H21N3O2S/c1-14-9-16(3)22-18(10-14)15(2)11-21(28)26(22)12-20(27)25-23-24-19(13-29-23)17-7-5-4-6-8-17/h4-11,13H,12H2,1-3H3,(H,24,25,27). The van der Waals surface area contributed by atoms with Gasteiger partial charge in [-0.1, -0.05) is 42.0 Å². The molecule has 0 aliphatic heterocycles. The van der Waals surface area contributed by atoms with E-state index in [0.29, 0.717) is 5.13 Å². The minimum atomic E-state index is -0.272. The number of aryl methyl sites for hydroxylation is 3. The Labute approximate surface area is 172 Å². The van der Waals surface area contributed by atoms with Crippen LogP contribution in [0.25, 0.3) is 22.2 Å². The molecule has 0 aliphatic carbocycles. The fourth-order valence-corrected chi connectivity index (χ4v) is 4.34. The molecule has 29 heavy (non-hydrogen) atoms. The van der Waals surface area contributed by atoms with Crippen LogP contribution in [0.2, 0.25) is 0 Å². The number of hydrogen-bond donors (Lipinski definition) is 1. The van der Waals surface area contributed by atoms with Crippen molar-refractivity contribution in [2.24, 2.45) is 0 Å². The summed E-state index contributed by atoms with van der Waals surface area (Å²) < 4.78 is 1.54. The zero-order chi connectivity index (χ0) is 20.5. The van der Waals surface area contributed by atoms with E-state index in [1.807, 2.05) is 62.5 Å². The van der Waals surface area contributed by atoms with E-state index < -0.39 is 0 Å². The Morgan fingerprint density at radius 2 is 1.83 bits per heavy atom. The Morgan fingerprint density at radius 3 is 2.59 bits per heavy atom. The summed E-state index contributed by atoms with van der Waals surface area (Å²) in [6, 6.07) is 15.5. The van der Waals surface area contributed by atoms with Gasteiger partial charge in [-0.25, -0.2) is 4.98 Å². The van der Waals surface area contributed by atoms with E-state index in [0.717, 1.165) is 38.9 Å². The molecule has 4 rings (SSSR count). The van der Waals surface area contributed by atoms with Crippen molar-refractivity contribution in [3.63, 3.8) is 0 Å². The number of nitrogens with one attached hydrogen (secondary N) is 1. The van der Waals surface area contributed by atoms with Crippen molar-refractivity contribution in [2.45, 2.75) is 27.3 Å². The molecule has 0 atom stereocenters. The monoisotopic (exact) mass is 403 g/mol. The van der Waals surface area contributed by atoms with Gasteiger partial charge >= 0.3 is 0 Å². The predicted molar refractivity (Wildman–Crippen MR) is 119 cm³/mol. The summed E-state index contributed by atoms with van der Waals surface area (Å²) in [6.07, 6.45) is 0. The quantitative estimate of drug-likeness (QED) is 0.538. The van der Waals surface area contributed by atoms with Crippen LogP contribution in [-0.2, 0) is 11.3 Å². The maximum atomic E-state index is 12.7. The van der Waals surface area contributed by atoms with E-state index in [1.165, 1.54) is 15.9 Å². The van der Waals surface area contributed by atoms with E-state index >= 15 is 0 Å². The second-order valence-electron chi connectivity index (χ2n) is 7.18. The van der Waals surface area contributed by atoms with Gasteiger partial charge in [-0.3, -0.25) is 14.2 Å². The number of nitrogens with zero attached hydrogens (tertiary/aromatic N) is 2. The maximum Gasteiger partial charge on any atom is 0.251 e. The normalized spacial score (nSPS) is 11.0. The van der Waals surface area contributed by atoms with Gasteiger partial charge in [0.1, 0.15) is 6.54 Å². The van der Waals surface area contributed by atoms with Gasteiger partial charge in [0.05, 0.1) is 11.2 Å². The molecule has 1 N–H and O–H groups in total. The van der Waals surface area contributed by atoms with Crippen LogP contribution in [0.4, 0.5) is 5.13 Å². The lowest BCUT2D eigenvalue weighted by atomic mass is 10.0. The van der Waals surface area contributed by atoms with Gasteiger partial charge in [-0.2, -0.15) is 0 Å². The number of anilines is 1. The third kappa shape index (κ3) is 3.84. The molecular weight excluding hydrogens is 382 g/mol. The van der Waals surface area contributed by atoms with Crippen LogP contribution in [0, 0.1) is 20.8 Å². The number of rotatable bonds is 4. The molecule has 146 valence electrons. The fraction of sp³-hybridized carbons (Fsp3) is 0.174. The molecule has 0 spiro atoms. The summed E-state index contributed by atoms with van der Waals surface area (Å²) in [5.41, 5.74) is 5.46. The third-order valence-corrected chi connectivity index (χ3v) is 5.63. The zero-order valence-corrected chi connectivity index (χ0v) is 17.3. The van der Waals surface area contributed by atoms with Gasteiger partial charge < -0.3 is 5.32 Å². The summed E-state index contributed by atoms with van der Waals surface area (Å²) in [4.78, 5) is 29.8. The minimum Gasteiger partial charge on any atom is -0.300 e. The van der Waals surface area contributed by atoms with Crippen molar-refractivity contribution < 1.29 is 4.79 Å². The Bertz CT molecular complexity index is 1270. The number of amides is 1. The second kappa shape index (κ2) is 7.64. The molecule has 6 heteroatoms. The molecule has 0 saturated carbocycles. The molecule has 0 aliphatic rings. The number of hydrogen-bond acceptors (Lipinski definition) is 4. The van der Waals surface area contributed by atoms with Crippen LogP contribution in [0.1, 0.15) is 16.7 Å². The van der Waals surface area contributed by atoms with Crippen molar-refractivity contribution in [1.82, 2.24) is 9.55 Å². The molecule has 1 amide bonds. The van der Waals surface area contributed by atoms with Gasteiger partial charge in [0.25, 0.3) is 5.56 Å². The van der Waals surface area contributed by atoms with Gasteiger partial charge in [0.2, 0.25) is 5.91 Å². The SMILES string of the molecule is Cc1cc(C)c2c(c1)c(C)cc(=O)n2CC(=O)Nc1nc(-c2ccccc2)cs1. The first kappa shape index (κ1) is 19.1. The van der Waals surface area contributed by atoms with Crippen molar-refractivity contribution >= 4 is 33.3 Å². The lowest BCUT2D eigenvalue weighted by Gasteiger charge is -2.14. The molecule has 2 heterocycles. The number of pyridine rings is 1. The van der Waals surface area contributed by atoms with Crippen LogP contribution < -0.4 is 10.9 Å². The van der Waals surface area contributed by atoms with Gasteiger partial charge in [0.15, 0.2) is 5.13 Å². The van der Waals surface area contributed by atoms with Crippen molar-refractivity contribution in [3.05, 3.63) is 81.0 Å². The van der Waals surface area contributed by atoms with Crippen molar-refractivity contribution in [2.75, 3.05) is 5.32 Å². The topological polar surface area (TPSA) is 64.0 Å². The molecule has 2 aromatic heterocycles. The highest BCUT2D eigenvalue weighted by Gasteiger charge is 2.14. The van der Waals surface area contributed by atoms with Crippen LogP contribution in [0.5, 0.6) is 0 Å². The van der Waals surface area contributed by atoms with Crippen LogP contribution in [-0.4, -0.2) is 15.5 Å². The Kier molecular flexibility index (Phi) is 5.03. The first-order chi connectivity index (χ1) is 13.9. The van der Waals surface area contributed by atoms with E-state index in [-0.39, 0.29) is 18.0 Å². The fourth-order valence-electron chi connectivity index (χ4n) is 3.60. The number of fused-ring (bicyclic) bond motifs is 1. The molecule has 0 fully saturated rings. The van der Waals surface area contributed by atoms with Crippen molar-refractivity contribution in [1.29, 1.82) is 0 Å². The molecule has 4 aromatic rings. The van der Waals surface area contributed by atoms with E-state index in [4.69, 9.17) is 0 Å². The highest BCUT2D eigenvalue weighted by atomic mass is 32.1. The number of aromatic nitrogens is 2. The molecule has 0 radical (unpaired) electrons. The van der Waals surface area contributed by atoms with Crippen LogP contribution in [0.15, 0.2) is 58.7 Å². The third-order valence-electron chi connectivity index (χ3n) is 4.87. The molecule has 0 saturated heterocycles. The van der Waals surface area contributed by atoms with E-state index in [1.54, 1.807) is 6.07 Å². The summed E-state index contributed by atoms with van der Waals surface area (Å²) in [6.45, 7) is 5.86. The zero-order valence-electron chi connectivity index (χ0n) is 16.5. The van der Waals surface area contributed by atoms with Crippen LogP contribution in [0.3, 0.4) is 0 Å². The second-order valence-corrected chi connectivity index (χ2v) is 8.04. The summed E-state index contributed by atoms with van der Waals surface area (Å²) >= 11 is 1.37. The van der Waals surface area contributed by atoms with Gasteiger partial charge in [0, 0.05) is 22.4 Å². The molecule has 0 bridgehead atoms. The average Bonchev–Trinajstić information content (AvgIpc) is 3.14. The van der Waals surface area contributed by atoms with Gasteiger partial charge in [-0.05, 0) is 38.0 Å². The lowest BCUT2D eigenvalue weighted by Crippen LogP contribution is -2.28. The Morgan fingerprint density at radius 1 is 1.07 bits per heavy atom. The number of benzene rings is 2. The number of thiazole rings is 1. The molecular formula is C23H21N3O2S. The van der Waals surface area contributed by atoms with Crippen LogP contribution >= 0.6 is 11.3 Å². The van der Waals surface area contributed by atoms with Crippen molar-refractivity contribution in [3.8, 4) is 11.3 Å². The first-order valence-corrected chi connectivity index (χ1v) is 10.2. The predicted octanol–water partition coefficient (Wildman–Crippen LogP) is 4.69. The highest BCUT2D eigenvalue weighted by Crippen LogP contribution is 2.25. The smallest absolute Gasteiger partial charge is 0.251 e. The summed E-state index contributed by atoms with van der Waals surface area (Å²) in [7, 11) is 0. The minimum absolute atomic E-state index is 0.0558. The van der Waals surface area contributed by atoms with E-state index in [9.17, 15) is 9.59 Å². The highest BCUT2D eigenvalue weighted by molar-refractivity contribution is 7.14. The number of carbonyl (C=O) groups excluding carboxylic acids is 1. The molecule has 0 unspecified atom stereocenters. The lowest BCUT2D eigenvalue weighted by molar-refractivity contribution is -0.116. The summed E-state index contributed by atoms with van der Waals surface area (Å²) in [5.74, 6) is -0.272. The van der Waals surface area contributed by atoms with Gasteiger partial charge in [-0.15, -0.1) is 11.3 Å². The molecule has 2 aromatic carbocycles. The first-order valence-electron chi connectivity index (χ1n) is 9.34. The number of carbonyl (C=O) groups is 1.